The molecule has 1 saturated heterocycles. The lowest BCUT2D eigenvalue weighted by molar-refractivity contribution is -0.124. The van der Waals surface area contributed by atoms with Crippen LogP contribution in [0.4, 0.5) is 4.39 Å². The van der Waals surface area contributed by atoms with Crippen LogP contribution >= 0.6 is 0 Å². The number of nitrogens with zero attached hydrogens (tertiary/aromatic N) is 1. The number of benzene rings is 1. The van der Waals surface area contributed by atoms with E-state index < -0.39 is 17.8 Å². The van der Waals surface area contributed by atoms with Gasteiger partial charge in [0.05, 0.1) is 18.2 Å². The molecule has 1 aromatic carbocycles. The molecule has 0 aromatic heterocycles. The van der Waals surface area contributed by atoms with Gasteiger partial charge in [-0.25, -0.2) is 4.39 Å². The van der Waals surface area contributed by atoms with Gasteiger partial charge >= 0.3 is 0 Å². The van der Waals surface area contributed by atoms with Crippen LogP contribution in [0, 0.1) is 5.82 Å². The summed E-state index contributed by atoms with van der Waals surface area (Å²) in [5, 5.41) is 0. The predicted octanol–water partition coefficient (Wildman–Crippen LogP) is 1.35. The summed E-state index contributed by atoms with van der Waals surface area (Å²) < 4.78 is 13.5. The molecule has 1 fully saturated rings. The molecule has 1 aromatic rings. The Morgan fingerprint density at radius 3 is 2.74 bits per heavy atom. The second-order valence-corrected chi connectivity index (χ2v) is 4.79. The fourth-order valence-corrected chi connectivity index (χ4v) is 2.46. The number of hydrogen-bond acceptors (Lipinski definition) is 3. The van der Waals surface area contributed by atoms with Gasteiger partial charge in [-0.15, -0.1) is 0 Å². The molecule has 1 unspecified atom stereocenters. The first-order valence-corrected chi connectivity index (χ1v) is 6.40. The highest BCUT2D eigenvalue weighted by molar-refractivity contribution is 5.98. The van der Waals surface area contributed by atoms with Crippen LogP contribution < -0.4 is 5.73 Å². The summed E-state index contributed by atoms with van der Waals surface area (Å²) in [6, 6.07) is 5.47. The smallest absolute Gasteiger partial charge is 0.234 e. The number of likely N-dealkylation sites (tertiary alicyclic amines) is 1. The van der Waals surface area contributed by atoms with E-state index in [-0.39, 0.29) is 17.9 Å². The minimum atomic E-state index is -0.528. The van der Waals surface area contributed by atoms with E-state index in [1.165, 1.54) is 12.1 Å². The van der Waals surface area contributed by atoms with Crippen molar-refractivity contribution in [3.63, 3.8) is 0 Å². The summed E-state index contributed by atoms with van der Waals surface area (Å²) in [6.07, 6.45) is 2.52. The minimum absolute atomic E-state index is 0.0362. The maximum absolute atomic E-state index is 13.5. The van der Waals surface area contributed by atoms with Crippen LogP contribution in [-0.2, 0) is 4.79 Å². The van der Waals surface area contributed by atoms with Crippen molar-refractivity contribution in [1.29, 1.82) is 0 Å². The molecule has 1 heterocycles. The molecule has 2 N–H and O–H groups in total. The molecule has 0 bridgehead atoms. The Hall–Kier alpha value is -1.75. The van der Waals surface area contributed by atoms with Gasteiger partial charge in [0.2, 0.25) is 5.91 Å². The van der Waals surface area contributed by atoms with E-state index in [9.17, 15) is 14.0 Å². The highest BCUT2D eigenvalue weighted by Gasteiger charge is 2.28. The van der Waals surface area contributed by atoms with Crippen molar-refractivity contribution < 1.29 is 14.0 Å². The van der Waals surface area contributed by atoms with Crippen LogP contribution in [0.1, 0.15) is 29.6 Å². The molecule has 0 aliphatic carbocycles. The number of carbonyl (C=O) groups is 2. The molecule has 1 amide bonds. The number of Topliss-reactive ketones (excluding diaryl/α,β-unsaturated/α-hetero) is 1. The SMILES string of the molecule is NC(=O)C1CCCCN1CC(=O)c1ccccc1F. The number of amides is 1. The number of nitrogens with two attached hydrogens (primary N) is 1. The Morgan fingerprint density at radius 2 is 2.05 bits per heavy atom. The quantitative estimate of drug-likeness (QED) is 0.835. The standard InChI is InChI=1S/C14H17FN2O2/c15-11-6-2-1-5-10(11)13(18)9-17-8-4-3-7-12(17)14(16)19/h1-2,5-6,12H,3-4,7-9H2,(H2,16,19). The maximum Gasteiger partial charge on any atom is 0.234 e. The lowest BCUT2D eigenvalue weighted by Gasteiger charge is -2.32. The summed E-state index contributed by atoms with van der Waals surface area (Å²) in [5.74, 6) is -1.26. The van der Waals surface area contributed by atoms with Gasteiger partial charge in [0.15, 0.2) is 5.78 Å². The molecule has 0 radical (unpaired) electrons. The number of halogens is 1. The van der Waals surface area contributed by atoms with E-state index in [4.69, 9.17) is 5.73 Å². The van der Waals surface area contributed by atoms with Gasteiger partial charge in [-0.05, 0) is 31.5 Å². The first kappa shape index (κ1) is 13.7. The van der Waals surface area contributed by atoms with Crippen molar-refractivity contribution in [2.45, 2.75) is 25.3 Å². The monoisotopic (exact) mass is 264 g/mol. The van der Waals surface area contributed by atoms with E-state index in [2.05, 4.69) is 0 Å². The van der Waals surface area contributed by atoms with Crippen LogP contribution in [0.5, 0.6) is 0 Å². The van der Waals surface area contributed by atoms with E-state index in [1.807, 2.05) is 0 Å². The van der Waals surface area contributed by atoms with Crippen LogP contribution in [0.2, 0.25) is 0 Å². The molecule has 2 rings (SSSR count). The average molecular weight is 264 g/mol. The van der Waals surface area contributed by atoms with Gasteiger partial charge in [0.1, 0.15) is 5.82 Å². The Kier molecular flexibility index (Phi) is 4.27. The topological polar surface area (TPSA) is 63.4 Å². The van der Waals surface area contributed by atoms with Crippen molar-refractivity contribution in [2.24, 2.45) is 5.73 Å². The van der Waals surface area contributed by atoms with Gasteiger partial charge in [-0.1, -0.05) is 18.6 Å². The van der Waals surface area contributed by atoms with E-state index >= 15 is 0 Å². The predicted molar refractivity (Wildman–Crippen MR) is 69.1 cm³/mol. The Bertz CT molecular complexity index is 490. The number of piperidine rings is 1. The van der Waals surface area contributed by atoms with Crippen LogP contribution in [0.25, 0.3) is 0 Å². The Balaban J connectivity index is 2.09. The van der Waals surface area contributed by atoms with Crippen molar-refractivity contribution in [3.05, 3.63) is 35.6 Å². The zero-order valence-corrected chi connectivity index (χ0v) is 10.6. The maximum atomic E-state index is 13.5. The normalized spacial score (nSPS) is 20.2. The first-order chi connectivity index (χ1) is 9.09. The van der Waals surface area contributed by atoms with Crippen LogP contribution in [0.15, 0.2) is 24.3 Å². The summed E-state index contributed by atoms with van der Waals surface area (Å²) in [4.78, 5) is 25.2. The van der Waals surface area contributed by atoms with E-state index in [1.54, 1.807) is 17.0 Å². The van der Waals surface area contributed by atoms with Crippen molar-refractivity contribution in [3.8, 4) is 0 Å². The lowest BCUT2D eigenvalue weighted by Crippen LogP contribution is -2.49. The van der Waals surface area contributed by atoms with Crippen molar-refractivity contribution >= 4 is 11.7 Å². The number of hydrogen-bond donors (Lipinski definition) is 1. The molecule has 1 atom stereocenters. The van der Waals surface area contributed by atoms with Crippen LogP contribution in [-0.4, -0.2) is 35.7 Å². The van der Waals surface area contributed by atoms with Gasteiger partial charge in [-0.3, -0.25) is 14.5 Å². The minimum Gasteiger partial charge on any atom is -0.368 e. The van der Waals surface area contributed by atoms with E-state index in [0.717, 1.165) is 12.8 Å². The first-order valence-electron chi connectivity index (χ1n) is 6.40. The Morgan fingerprint density at radius 1 is 1.32 bits per heavy atom. The zero-order valence-electron chi connectivity index (χ0n) is 10.6. The second kappa shape index (κ2) is 5.93. The third kappa shape index (κ3) is 3.17. The third-order valence-electron chi connectivity index (χ3n) is 3.46. The van der Waals surface area contributed by atoms with Crippen LogP contribution in [0.3, 0.4) is 0 Å². The lowest BCUT2D eigenvalue weighted by atomic mass is 10.0. The molecule has 1 aliphatic rings. The van der Waals surface area contributed by atoms with E-state index in [0.29, 0.717) is 13.0 Å². The highest BCUT2D eigenvalue weighted by atomic mass is 19.1. The third-order valence-corrected chi connectivity index (χ3v) is 3.46. The summed E-state index contributed by atoms with van der Waals surface area (Å²) in [6.45, 7) is 0.683. The molecule has 1 aliphatic heterocycles. The zero-order chi connectivity index (χ0) is 13.8. The molecule has 4 nitrogen and oxygen atoms in total. The van der Waals surface area contributed by atoms with Crippen molar-refractivity contribution in [2.75, 3.05) is 13.1 Å². The summed E-state index contributed by atoms with van der Waals surface area (Å²) in [7, 11) is 0. The van der Waals surface area contributed by atoms with Gasteiger partial charge in [0.25, 0.3) is 0 Å². The summed E-state index contributed by atoms with van der Waals surface area (Å²) in [5.41, 5.74) is 5.40. The molecule has 19 heavy (non-hydrogen) atoms. The van der Waals surface area contributed by atoms with Gasteiger partial charge in [-0.2, -0.15) is 0 Å². The summed E-state index contributed by atoms with van der Waals surface area (Å²) >= 11 is 0. The molecule has 5 heteroatoms. The fraction of sp³-hybridized carbons (Fsp3) is 0.429. The number of ketones is 1. The largest absolute Gasteiger partial charge is 0.368 e. The Labute approximate surface area is 111 Å². The molecule has 0 saturated carbocycles. The highest BCUT2D eigenvalue weighted by Crippen LogP contribution is 2.18. The molecular weight excluding hydrogens is 247 g/mol. The number of primary amides is 1. The fourth-order valence-electron chi connectivity index (χ4n) is 2.46. The molecule has 0 spiro atoms. The number of rotatable bonds is 4. The van der Waals surface area contributed by atoms with Gasteiger partial charge in [0, 0.05) is 0 Å². The van der Waals surface area contributed by atoms with Gasteiger partial charge < -0.3 is 5.73 Å². The van der Waals surface area contributed by atoms with Crippen molar-refractivity contribution in [1.82, 2.24) is 4.90 Å². The average Bonchev–Trinajstić information content (AvgIpc) is 2.39. The second-order valence-electron chi connectivity index (χ2n) is 4.79. The number of carbonyl (C=O) groups excluding carboxylic acids is 2. The molecular formula is C14H17FN2O2. The molecule has 102 valence electrons.